The van der Waals surface area contributed by atoms with Crippen LogP contribution in [0.3, 0.4) is 0 Å². The molecule has 0 bridgehead atoms. The van der Waals surface area contributed by atoms with Gasteiger partial charge in [-0.1, -0.05) is 0 Å². The van der Waals surface area contributed by atoms with Crippen molar-refractivity contribution in [2.75, 3.05) is 13.7 Å². The quantitative estimate of drug-likeness (QED) is 0.832. The number of nitrogens with zero attached hydrogens (tertiary/aromatic N) is 1. The summed E-state index contributed by atoms with van der Waals surface area (Å²) in [6.07, 6.45) is 0.460. The van der Waals surface area contributed by atoms with E-state index >= 15 is 0 Å². The average molecular weight is 304 g/mol. The first-order valence-electron chi connectivity index (χ1n) is 7.61. The Morgan fingerprint density at radius 2 is 2.09 bits per heavy atom. The maximum atomic E-state index is 11.8. The van der Waals surface area contributed by atoms with Crippen LogP contribution in [0.15, 0.2) is 18.2 Å². The van der Waals surface area contributed by atoms with Gasteiger partial charge in [0.05, 0.1) is 13.7 Å². The number of rotatable bonds is 6. The van der Waals surface area contributed by atoms with Crippen molar-refractivity contribution in [3.05, 3.63) is 29.5 Å². The lowest BCUT2D eigenvalue weighted by molar-refractivity contribution is -0.144. The predicted octanol–water partition coefficient (Wildman–Crippen LogP) is 2.41. The van der Waals surface area contributed by atoms with Gasteiger partial charge in [-0.05, 0) is 44.5 Å². The highest BCUT2D eigenvalue weighted by atomic mass is 16.5. The molecule has 1 aromatic heterocycles. The van der Waals surface area contributed by atoms with Crippen molar-refractivity contribution in [1.29, 1.82) is 0 Å². The van der Waals surface area contributed by atoms with Crippen LogP contribution < -0.4 is 10.5 Å². The SMILES string of the molecule is CCOC(=O)C(N)Cc1c(C)n(CC)c2ccc(OC)cc12. The fourth-order valence-corrected chi connectivity index (χ4v) is 2.88. The molecule has 5 nitrogen and oxygen atoms in total. The van der Waals surface area contributed by atoms with E-state index in [1.54, 1.807) is 14.0 Å². The molecular weight excluding hydrogens is 280 g/mol. The van der Waals surface area contributed by atoms with E-state index in [0.29, 0.717) is 13.0 Å². The first kappa shape index (κ1) is 16.4. The molecule has 0 fully saturated rings. The van der Waals surface area contributed by atoms with Gasteiger partial charge in [-0.3, -0.25) is 4.79 Å². The molecule has 120 valence electrons. The Morgan fingerprint density at radius 1 is 1.36 bits per heavy atom. The summed E-state index contributed by atoms with van der Waals surface area (Å²) >= 11 is 0. The molecule has 0 saturated heterocycles. The van der Waals surface area contributed by atoms with Crippen LogP contribution in [0, 0.1) is 6.92 Å². The van der Waals surface area contributed by atoms with E-state index in [0.717, 1.165) is 34.5 Å². The molecule has 5 heteroatoms. The van der Waals surface area contributed by atoms with Gasteiger partial charge in [0.1, 0.15) is 11.8 Å². The maximum Gasteiger partial charge on any atom is 0.323 e. The molecule has 0 aliphatic carbocycles. The van der Waals surface area contributed by atoms with E-state index in [1.807, 2.05) is 18.2 Å². The van der Waals surface area contributed by atoms with Crippen molar-refractivity contribution in [3.8, 4) is 5.75 Å². The monoisotopic (exact) mass is 304 g/mol. The van der Waals surface area contributed by atoms with Crippen LogP contribution in [0.5, 0.6) is 5.75 Å². The number of fused-ring (bicyclic) bond motifs is 1. The Kier molecular flexibility index (Phi) is 5.08. The lowest BCUT2D eigenvalue weighted by Gasteiger charge is -2.11. The molecule has 0 aliphatic rings. The van der Waals surface area contributed by atoms with Crippen molar-refractivity contribution in [1.82, 2.24) is 4.57 Å². The Balaban J connectivity index is 2.47. The summed E-state index contributed by atoms with van der Waals surface area (Å²) in [6.45, 7) is 7.15. The second-order valence-corrected chi connectivity index (χ2v) is 5.25. The molecule has 1 unspecified atom stereocenters. The highest BCUT2D eigenvalue weighted by molar-refractivity contribution is 5.88. The average Bonchev–Trinajstić information content (AvgIpc) is 2.78. The number of methoxy groups -OCH3 is 1. The van der Waals surface area contributed by atoms with Crippen LogP contribution >= 0.6 is 0 Å². The normalized spacial score (nSPS) is 12.4. The lowest BCUT2D eigenvalue weighted by Crippen LogP contribution is -2.34. The van der Waals surface area contributed by atoms with Crippen LogP contribution in [0.2, 0.25) is 0 Å². The second kappa shape index (κ2) is 6.83. The number of esters is 1. The van der Waals surface area contributed by atoms with E-state index in [-0.39, 0.29) is 5.97 Å². The molecule has 1 heterocycles. The predicted molar refractivity (Wildman–Crippen MR) is 87.2 cm³/mol. The number of carbonyl (C=O) groups is 1. The topological polar surface area (TPSA) is 66.5 Å². The standard InChI is InChI=1S/C17H24N2O3/c1-5-19-11(3)13(10-15(18)17(20)22-6-2)14-9-12(21-4)7-8-16(14)19/h7-9,15H,5-6,10,18H2,1-4H3. The Morgan fingerprint density at radius 3 is 2.68 bits per heavy atom. The minimum Gasteiger partial charge on any atom is -0.497 e. The number of ether oxygens (including phenoxy) is 2. The fraction of sp³-hybridized carbons (Fsp3) is 0.471. The molecular formula is C17H24N2O3. The molecule has 22 heavy (non-hydrogen) atoms. The Hall–Kier alpha value is -2.01. The summed E-state index contributed by atoms with van der Waals surface area (Å²) in [7, 11) is 1.65. The molecule has 1 aromatic carbocycles. The van der Waals surface area contributed by atoms with Crippen LogP contribution in [0.4, 0.5) is 0 Å². The Labute approximate surface area is 131 Å². The van der Waals surface area contributed by atoms with Gasteiger partial charge in [-0.2, -0.15) is 0 Å². The number of benzene rings is 1. The summed E-state index contributed by atoms with van der Waals surface area (Å²) in [6, 6.07) is 5.34. The Bertz CT molecular complexity index is 676. The lowest BCUT2D eigenvalue weighted by atomic mass is 10.0. The van der Waals surface area contributed by atoms with Crippen LogP contribution in [-0.4, -0.2) is 30.3 Å². The minimum absolute atomic E-state index is 0.343. The smallest absolute Gasteiger partial charge is 0.323 e. The molecule has 0 spiro atoms. The fourth-order valence-electron chi connectivity index (χ4n) is 2.88. The molecule has 0 saturated carbocycles. The van der Waals surface area contributed by atoms with E-state index in [4.69, 9.17) is 15.2 Å². The van der Waals surface area contributed by atoms with E-state index in [9.17, 15) is 4.79 Å². The van der Waals surface area contributed by atoms with Gasteiger partial charge in [0.25, 0.3) is 0 Å². The molecule has 2 N–H and O–H groups in total. The highest BCUT2D eigenvalue weighted by Crippen LogP contribution is 2.30. The highest BCUT2D eigenvalue weighted by Gasteiger charge is 2.21. The van der Waals surface area contributed by atoms with Crippen molar-refractivity contribution in [3.63, 3.8) is 0 Å². The van der Waals surface area contributed by atoms with E-state index in [2.05, 4.69) is 18.4 Å². The second-order valence-electron chi connectivity index (χ2n) is 5.25. The van der Waals surface area contributed by atoms with Crippen LogP contribution in [0.25, 0.3) is 10.9 Å². The van der Waals surface area contributed by atoms with Gasteiger partial charge >= 0.3 is 5.97 Å². The van der Waals surface area contributed by atoms with Gasteiger partial charge in [0.2, 0.25) is 0 Å². The maximum absolute atomic E-state index is 11.8. The summed E-state index contributed by atoms with van der Waals surface area (Å²) < 4.78 is 12.6. The first-order chi connectivity index (χ1) is 10.5. The molecule has 0 aliphatic heterocycles. The van der Waals surface area contributed by atoms with Crippen molar-refractivity contribution in [2.24, 2.45) is 5.73 Å². The van der Waals surface area contributed by atoms with Gasteiger partial charge in [0, 0.05) is 29.6 Å². The molecule has 2 rings (SSSR count). The minimum atomic E-state index is -0.652. The molecule has 1 atom stereocenters. The third kappa shape index (κ3) is 2.95. The first-order valence-corrected chi connectivity index (χ1v) is 7.61. The van der Waals surface area contributed by atoms with E-state index < -0.39 is 6.04 Å². The summed E-state index contributed by atoms with van der Waals surface area (Å²) in [4.78, 5) is 11.8. The molecule has 0 amide bonds. The van der Waals surface area contributed by atoms with Gasteiger partial charge in [-0.15, -0.1) is 0 Å². The summed E-state index contributed by atoms with van der Waals surface area (Å²) in [5, 5.41) is 1.08. The van der Waals surface area contributed by atoms with Crippen LogP contribution in [-0.2, 0) is 22.5 Å². The van der Waals surface area contributed by atoms with Gasteiger partial charge < -0.3 is 19.8 Å². The number of carbonyl (C=O) groups excluding carboxylic acids is 1. The molecule has 0 radical (unpaired) electrons. The third-order valence-electron chi connectivity index (χ3n) is 3.99. The number of aromatic nitrogens is 1. The third-order valence-corrected chi connectivity index (χ3v) is 3.99. The van der Waals surface area contributed by atoms with Crippen molar-refractivity contribution >= 4 is 16.9 Å². The van der Waals surface area contributed by atoms with Crippen molar-refractivity contribution < 1.29 is 14.3 Å². The number of nitrogens with two attached hydrogens (primary N) is 1. The van der Waals surface area contributed by atoms with Gasteiger partial charge in [-0.25, -0.2) is 0 Å². The number of aryl methyl sites for hydroxylation is 1. The zero-order valence-electron chi connectivity index (χ0n) is 13.7. The zero-order chi connectivity index (χ0) is 16.3. The number of hydrogen-bond acceptors (Lipinski definition) is 4. The zero-order valence-corrected chi connectivity index (χ0v) is 13.7. The largest absolute Gasteiger partial charge is 0.497 e. The summed E-state index contributed by atoms with van der Waals surface area (Å²) in [5.74, 6) is 0.439. The van der Waals surface area contributed by atoms with Crippen LogP contribution in [0.1, 0.15) is 25.1 Å². The van der Waals surface area contributed by atoms with Crippen molar-refractivity contribution in [2.45, 2.75) is 39.8 Å². The van der Waals surface area contributed by atoms with E-state index in [1.165, 1.54) is 0 Å². The number of hydrogen-bond donors (Lipinski definition) is 1. The molecule has 2 aromatic rings. The summed E-state index contributed by atoms with van der Waals surface area (Å²) in [5.41, 5.74) is 9.34. The van der Waals surface area contributed by atoms with Gasteiger partial charge in [0.15, 0.2) is 0 Å².